The van der Waals surface area contributed by atoms with Crippen molar-refractivity contribution in [3.63, 3.8) is 0 Å². The van der Waals surface area contributed by atoms with Crippen molar-refractivity contribution in [1.29, 1.82) is 0 Å². The molecule has 4 nitrogen and oxygen atoms in total. The zero-order valence-corrected chi connectivity index (χ0v) is 16.0. The molecule has 142 valence electrons. The molecule has 27 heavy (non-hydrogen) atoms. The molecule has 0 unspecified atom stereocenters. The molecule has 0 bridgehead atoms. The number of ether oxygens (including phenoxy) is 1. The minimum absolute atomic E-state index is 0.106. The fourth-order valence-corrected chi connectivity index (χ4v) is 4.43. The second-order valence-electron chi connectivity index (χ2n) is 8.02. The van der Waals surface area contributed by atoms with Crippen molar-refractivity contribution >= 4 is 5.91 Å². The maximum absolute atomic E-state index is 12.8. The Balaban J connectivity index is 1.49. The second kappa shape index (κ2) is 7.83. The van der Waals surface area contributed by atoms with Gasteiger partial charge in [-0.2, -0.15) is 0 Å². The van der Waals surface area contributed by atoms with Gasteiger partial charge in [0.25, 0.3) is 0 Å². The monoisotopic (exact) mass is 364 g/mol. The molecule has 2 aromatic rings. The fourth-order valence-electron chi connectivity index (χ4n) is 4.43. The summed E-state index contributed by atoms with van der Waals surface area (Å²) >= 11 is 0. The first-order chi connectivity index (χ1) is 13.2. The highest BCUT2D eigenvalue weighted by molar-refractivity contribution is 5.79. The summed E-state index contributed by atoms with van der Waals surface area (Å²) in [4.78, 5) is 17.3. The molecule has 0 N–H and O–H groups in total. The van der Waals surface area contributed by atoms with Crippen LogP contribution in [0.5, 0.6) is 0 Å². The highest BCUT2D eigenvalue weighted by Gasteiger charge is 2.46. The van der Waals surface area contributed by atoms with E-state index in [1.165, 1.54) is 11.1 Å². The molecule has 4 heteroatoms. The van der Waals surface area contributed by atoms with Gasteiger partial charge in [0.15, 0.2) is 0 Å². The predicted octanol–water partition coefficient (Wildman–Crippen LogP) is 3.50. The molecule has 0 saturated carbocycles. The summed E-state index contributed by atoms with van der Waals surface area (Å²) in [5.41, 5.74) is 2.40. The lowest BCUT2D eigenvalue weighted by Crippen LogP contribution is -2.41. The van der Waals surface area contributed by atoms with Gasteiger partial charge in [-0.1, -0.05) is 60.7 Å². The van der Waals surface area contributed by atoms with Crippen molar-refractivity contribution < 1.29 is 9.53 Å². The van der Waals surface area contributed by atoms with Gasteiger partial charge in [0, 0.05) is 44.1 Å². The van der Waals surface area contributed by atoms with Crippen LogP contribution in [0.25, 0.3) is 0 Å². The topological polar surface area (TPSA) is 32.8 Å². The van der Waals surface area contributed by atoms with Gasteiger partial charge >= 0.3 is 0 Å². The smallest absolute Gasteiger partial charge is 0.223 e. The second-order valence-corrected chi connectivity index (χ2v) is 8.02. The maximum Gasteiger partial charge on any atom is 0.223 e. The van der Waals surface area contributed by atoms with Gasteiger partial charge in [0.2, 0.25) is 5.91 Å². The van der Waals surface area contributed by atoms with E-state index in [-0.39, 0.29) is 11.3 Å². The number of rotatable bonds is 4. The summed E-state index contributed by atoms with van der Waals surface area (Å²) in [5, 5.41) is 0. The zero-order valence-electron chi connectivity index (χ0n) is 16.0. The summed E-state index contributed by atoms with van der Waals surface area (Å²) in [6, 6.07) is 21.2. The van der Waals surface area contributed by atoms with E-state index in [0.29, 0.717) is 25.6 Å². The molecule has 0 aromatic heterocycles. The predicted molar refractivity (Wildman–Crippen MR) is 106 cm³/mol. The lowest BCUT2D eigenvalue weighted by atomic mass is 9.86. The Labute approximate surface area is 161 Å². The third-order valence-electron chi connectivity index (χ3n) is 5.92. The molecule has 2 aliphatic rings. The molecular formula is C23H28N2O2. The van der Waals surface area contributed by atoms with E-state index >= 15 is 0 Å². The molecule has 2 saturated heterocycles. The van der Waals surface area contributed by atoms with Crippen LogP contribution in [0.3, 0.4) is 0 Å². The third-order valence-corrected chi connectivity index (χ3v) is 5.92. The molecule has 2 fully saturated rings. The van der Waals surface area contributed by atoms with E-state index < -0.39 is 0 Å². The van der Waals surface area contributed by atoms with Crippen LogP contribution in [0.1, 0.15) is 30.5 Å². The molecule has 0 radical (unpaired) electrons. The summed E-state index contributed by atoms with van der Waals surface area (Å²) in [6.45, 7) is 6.93. The van der Waals surface area contributed by atoms with E-state index in [2.05, 4.69) is 54.3 Å². The Morgan fingerprint density at radius 3 is 2.48 bits per heavy atom. The van der Waals surface area contributed by atoms with Gasteiger partial charge in [-0.25, -0.2) is 0 Å². The van der Waals surface area contributed by atoms with Crippen LogP contribution < -0.4 is 0 Å². The quantitative estimate of drug-likeness (QED) is 0.832. The van der Waals surface area contributed by atoms with Gasteiger partial charge in [0.05, 0.1) is 13.2 Å². The van der Waals surface area contributed by atoms with Gasteiger partial charge < -0.3 is 9.64 Å². The lowest BCUT2D eigenvalue weighted by Gasteiger charge is -2.35. The third kappa shape index (κ3) is 4.07. The van der Waals surface area contributed by atoms with E-state index in [1.54, 1.807) is 0 Å². The lowest BCUT2D eigenvalue weighted by molar-refractivity contribution is -0.128. The molecule has 2 aromatic carbocycles. The van der Waals surface area contributed by atoms with Crippen molar-refractivity contribution in [3.8, 4) is 0 Å². The molecule has 2 heterocycles. The molecular weight excluding hydrogens is 336 g/mol. The number of benzene rings is 2. The van der Waals surface area contributed by atoms with Crippen LogP contribution in [0.4, 0.5) is 0 Å². The molecule has 2 atom stereocenters. The molecule has 2 aliphatic heterocycles. The van der Waals surface area contributed by atoms with Gasteiger partial charge in [0.1, 0.15) is 0 Å². The molecule has 1 amide bonds. The molecule has 0 aliphatic carbocycles. The van der Waals surface area contributed by atoms with E-state index in [4.69, 9.17) is 4.74 Å². The first-order valence-corrected chi connectivity index (χ1v) is 9.84. The highest BCUT2D eigenvalue weighted by Crippen LogP contribution is 2.37. The standard InChI is InChI=1S/C23H28N2O2/c1-19(21-10-6-3-7-11-21)24-12-13-27-18-23(16-24)14-22(26)25(17-23)15-20-8-4-2-5-9-20/h2-11,19H,12-18H2,1H3/t19-,23+/m1/s1. The Morgan fingerprint density at radius 2 is 1.74 bits per heavy atom. The van der Waals surface area contributed by atoms with Crippen LogP contribution in [0.15, 0.2) is 60.7 Å². The Bertz CT molecular complexity index is 764. The molecule has 4 rings (SSSR count). The average Bonchev–Trinajstić information content (AvgIpc) is 2.87. The fraction of sp³-hybridized carbons (Fsp3) is 0.435. The zero-order chi connectivity index (χ0) is 18.7. The molecule has 1 spiro atoms. The first kappa shape index (κ1) is 18.2. The number of carbonyl (C=O) groups excluding carboxylic acids is 1. The van der Waals surface area contributed by atoms with Crippen molar-refractivity contribution in [2.75, 3.05) is 32.8 Å². The van der Waals surface area contributed by atoms with Crippen molar-refractivity contribution in [1.82, 2.24) is 9.80 Å². The summed E-state index contributed by atoms with van der Waals surface area (Å²) in [5.74, 6) is 0.247. The normalized spacial score (nSPS) is 24.9. The number of likely N-dealkylation sites (tertiary alicyclic amines) is 1. The number of hydrogen-bond acceptors (Lipinski definition) is 3. The average molecular weight is 364 g/mol. The van der Waals surface area contributed by atoms with Crippen LogP contribution in [-0.4, -0.2) is 48.6 Å². The summed E-state index contributed by atoms with van der Waals surface area (Å²) in [6.07, 6.45) is 0.581. The Kier molecular flexibility index (Phi) is 5.28. The van der Waals surface area contributed by atoms with E-state index in [9.17, 15) is 4.79 Å². The van der Waals surface area contributed by atoms with Gasteiger partial charge in [-0.05, 0) is 18.1 Å². The van der Waals surface area contributed by atoms with Crippen LogP contribution in [0.2, 0.25) is 0 Å². The van der Waals surface area contributed by atoms with Crippen molar-refractivity contribution in [2.45, 2.75) is 25.9 Å². The van der Waals surface area contributed by atoms with Gasteiger partial charge in [-0.3, -0.25) is 9.69 Å². The van der Waals surface area contributed by atoms with E-state index in [1.807, 2.05) is 23.1 Å². The number of carbonyl (C=O) groups is 1. The number of amides is 1. The Morgan fingerprint density at radius 1 is 1.04 bits per heavy atom. The first-order valence-electron chi connectivity index (χ1n) is 9.84. The van der Waals surface area contributed by atoms with Gasteiger partial charge in [-0.15, -0.1) is 0 Å². The largest absolute Gasteiger partial charge is 0.379 e. The van der Waals surface area contributed by atoms with Crippen LogP contribution in [0, 0.1) is 5.41 Å². The number of hydrogen-bond donors (Lipinski definition) is 0. The highest BCUT2D eigenvalue weighted by atomic mass is 16.5. The van der Waals surface area contributed by atoms with Crippen LogP contribution >= 0.6 is 0 Å². The Hall–Kier alpha value is -2.17. The number of nitrogens with zero attached hydrogens (tertiary/aromatic N) is 2. The minimum atomic E-state index is -0.106. The van der Waals surface area contributed by atoms with E-state index in [0.717, 1.165) is 26.2 Å². The maximum atomic E-state index is 12.8. The minimum Gasteiger partial charge on any atom is -0.379 e. The van der Waals surface area contributed by atoms with Crippen LogP contribution in [-0.2, 0) is 16.1 Å². The van der Waals surface area contributed by atoms with Crippen molar-refractivity contribution in [2.24, 2.45) is 5.41 Å². The SMILES string of the molecule is C[C@H](c1ccccc1)N1CCOC[C@@]2(CC(=O)N(Cc3ccccc3)C2)C1. The summed E-state index contributed by atoms with van der Waals surface area (Å²) < 4.78 is 5.97. The van der Waals surface area contributed by atoms with Crippen molar-refractivity contribution in [3.05, 3.63) is 71.8 Å². The summed E-state index contributed by atoms with van der Waals surface area (Å²) in [7, 11) is 0.